The molecule has 1 atom stereocenters. The number of hydrogen-bond donors (Lipinski definition) is 3. The molecule has 2 aliphatic rings. The number of aromatic carboxylic acids is 1. The topological polar surface area (TPSA) is 168 Å². The third kappa shape index (κ3) is 6.86. The van der Waals surface area contributed by atoms with Crippen LogP contribution in [0.4, 0.5) is 15.8 Å². The van der Waals surface area contributed by atoms with Crippen LogP contribution in [0.3, 0.4) is 0 Å². The number of carboxylic acids is 1. The zero-order valence-corrected chi connectivity index (χ0v) is 26.4. The Labute approximate surface area is 269 Å². The number of rotatable bonds is 11. The molecule has 5 rings (SSSR count). The lowest BCUT2D eigenvalue weighted by Crippen LogP contribution is -2.49. The standard InChI is InChI=1S/C33H37FN4O9/c1-4-47-33(45)21-10-7-18(14-25(21)39)35-26(40)11-12-27(41)36(2)20-6-5-13-37(16-20)29-24(34)15-22-28(31(29)46-3)38(19-8-9-19)17-23(30(22)42)32(43)44/h7,10,14-15,17,19-20,39H,4-6,8-9,11-13,16H2,1-3H3,(H,35,40)(H,43,44). The van der Waals surface area contributed by atoms with Gasteiger partial charge in [0.2, 0.25) is 17.2 Å². The molecule has 0 radical (unpaired) electrons. The van der Waals surface area contributed by atoms with Crippen molar-refractivity contribution in [2.45, 2.75) is 57.5 Å². The first kappa shape index (κ1) is 33.2. The van der Waals surface area contributed by atoms with Gasteiger partial charge >= 0.3 is 11.9 Å². The maximum atomic E-state index is 15.8. The van der Waals surface area contributed by atoms with Crippen LogP contribution in [0.2, 0.25) is 0 Å². The number of nitrogens with zero attached hydrogens (tertiary/aromatic N) is 3. The quantitative estimate of drug-likeness (QED) is 0.258. The number of hydrogen-bond acceptors (Lipinski definition) is 9. The zero-order valence-electron chi connectivity index (χ0n) is 26.4. The summed E-state index contributed by atoms with van der Waals surface area (Å²) in [6, 6.07) is 4.73. The summed E-state index contributed by atoms with van der Waals surface area (Å²) in [5.41, 5.74) is -0.530. The van der Waals surface area contributed by atoms with Crippen molar-refractivity contribution in [3.8, 4) is 11.5 Å². The van der Waals surface area contributed by atoms with Gasteiger partial charge in [-0.2, -0.15) is 0 Å². The molecule has 1 unspecified atom stereocenters. The molecule has 1 saturated carbocycles. The number of esters is 1. The molecule has 250 valence electrons. The molecule has 3 N–H and O–H groups in total. The molecular weight excluding hydrogens is 615 g/mol. The predicted molar refractivity (Wildman–Crippen MR) is 170 cm³/mol. The molecule has 14 heteroatoms. The monoisotopic (exact) mass is 652 g/mol. The van der Waals surface area contributed by atoms with Gasteiger partial charge in [0.1, 0.15) is 22.6 Å². The van der Waals surface area contributed by atoms with E-state index in [-0.39, 0.29) is 77.8 Å². The van der Waals surface area contributed by atoms with E-state index in [0.29, 0.717) is 24.9 Å². The van der Waals surface area contributed by atoms with Gasteiger partial charge in [-0.15, -0.1) is 0 Å². The summed E-state index contributed by atoms with van der Waals surface area (Å²) in [7, 11) is 3.01. The van der Waals surface area contributed by atoms with Crippen molar-refractivity contribution in [1.82, 2.24) is 9.47 Å². The van der Waals surface area contributed by atoms with E-state index in [4.69, 9.17) is 9.47 Å². The third-order valence-electron chi connectivity index (χ3n) is 8.57. The summed E-state index contributed by atoms with van der Waals surface area (Å²) in [6.45, 7) is 2.51. The van der Waals surface area contributed by atoms with Crippen LogP contribution >= 0.6 is 0 Å². The number of aromatic hydroxyl groups is 1. The molecule has 1 saturated heterocycles. The summed E-state index contributed by atoms with van der Waals surface area (Å²) in [5.74, 6) is -3.77. The van der Waals surface area contributed by atoms with E-state index >= 15 is 4.39 Å². The number of methoxy groups -OCH3 is 1. The van der Waals surface area contributed by atoms with E-state index in [2.05, 4.69) is 5.32 Å². The number of phenols is 1. The Balaban J connectivity index is 1.29. The number of benzene rings is 2. The Morgan fingerprint density at radius 3 is 2.49 bits per heavy atom. The second-order valence-corrected chi connectivity index (χ2v) is 11.7. The van der Waals surface area contributed by atoms with Crippen LogP contribution in [0.1, 0.15) is 72.2 Å². The van der Waals surface area contributed by atoms with Crippen LogP contribution in [0.5, 0.6) is 11.5 Å². The number of likely N-dealkylation sites (N-methyl/N-ethyl adjacent to an activating group) is 1. The van der Waals surface area contributed by atoms with Gasteiger partial charge in [0.05, 0.1) is 24.6 Å². The van der Waals surface area contributed by atoms with Crippen molar-refractivity contribution in [1.29, 1.82) is 0 Å². The van der Waals surface area contributed by atoms with Crippen LogP contribution in [-0.2, 0) is 14.3 Å². The molecule has 47 heavy (non-hydrogen) atoms. The molecular formula is C33H37FN4O9. The van der Waals surface area contributed by atoms with Gasteiger partial charge in [-0.05, 0) is 50.8 Å². The summed E-state index contributed by atoms with van der Waals surface area (Å²) >= 11 is 0. The SMILES string of the molecule is CCOC(=O)c1ccc(NC(=O)CCC(=O)N(C)C2CCCN(c3c(F)cc4c(=O)c(C(=O)O)cn(C5CC5)c4c3OC)C2)cc1O. The smallest absolute Gasteiger partial charge is 0.341 e. The number of piperidine rings is 1. The highest BCUT2D eigenvalue weighted by Crippen LogP contribution is 2.44. The third-order valence-corrected chi connectivity index (χ3v) is 8.57. The molecule has 0 bridgehead atoms. The first-order valence-electron chi connectivity index (χ1n) is 15.4. The maximum absolute atomic E-state index is 15.8. The van der Waals surface area contributed by atoms with E-state index in [9.17, 15) is 34.2 Å². The highest BCUT2D eigenvalue weighted by molar-refractivity contribution is 5.98. The van der Waals surface area contributed by atoms with Crippen LogP contribution in [0, 0.1) is 5.82 Å². The maximum Gasteiger partial charge on any atom is 0.341 e. The Bertz CT molecular complexity index is 1800. The number of nitrogens with one attached hydrogen (secondary N) is 1. The molecule has 3 aromatic rings. The number of amides is 2. The van der Waals surface area contributed by atoms with Crippen molar-refractivity contribution in [2.24, 2.45) is 0 Å². The number of fused-ring (bicyclic) bond motifs is 1. The molecule has 1 aliphatic heterocycles. The fraction of sp³-hybridized carbons (Fsp3) is 0.424. The molecule has 0 spiro atoms. The van der Waals surface area contributed by atoms with Crippen LogP contribution in [0.25, 0.3) is 10.9 Å². The van der Waals surface area contributed by atoms with Crippen LogP contribution in [0.15, 0.2) is 35.3 Å². The second kappa shape index (κ2) is 13.7. The zero-order chi connectivity index (χ0) is 34.0. The Morgan fingerprint density at radius 2 is 1.85 bits per heavy atom. The number of pyridine rings is 1. The van der Waals surface area contributed by atoms with E-state index < -0.39 is 34.7 Å². The molecule has 1 aliphatic carbocycles. The lowest BCUT2D eigenvalue weighted by atomic mass is 10.0. The molecule has 1 aromatic heterocycles. The van der Waals surface area contributed by atoms with Gasteiger partial charge in [0.25, 0.3) is 0 Å². The van der Waals surface area contributed by atoms with Gasteiger partial charge in [0.15, 0.2) is 11.6 Å². The summed E-state index contributed by atoms with van der Waals surface area (Å²) in [4.78, 5) is 65.8. The molecule has 2 aromatic carbocycles. The van der Waals surface area contributed by atoms with Gasteiger partial charge < -0.3 is 39.4 Å². The number of aromatic nitrogens is 1. The lowest BCUT2D eigenvalue weighted by Gasteiger charge is -2.39. The second-order valence-electron chi connectivity index (χ2n) is 11.7. The Kier molecular flexibility index (Phi) is 9.68. The largest absolute Gasteiger partial charge is 0.507 e. The van der Waals surface area contributed by atoms with Crippen LogP contribution < -0.4 is 20.4 Å². The highest BCUT2D eigenvalue weighted by Gasteiger charge is 2.34. The van der Waals surface area contributed by atoms with E-state index in [1.54, 1.807) is 28.3 Å². The first-order chi connectivity index (χ1) is 22.4. The van der Waals surface area contributed by atoms with Crippen molar-refractivity contribution in [3.63, 3.8) is 0 Å². The molecule has 2 heterocycles. The average Bonchev–Trinajstić information content (AvgIpc) is 3.89. The number of halogens is 1. The number of carbonyl (C=O) groups excluding carboxylic acids is 3. The molecule has 2 amide bonds. The normalized spacial score (nSPS) is 16.1. The lowest BCUT2D eigenvalue weighted by molar-refractivity contribution is -0.133. The highest BCUT2D eigenvalue weighted by atomic mass is 19.1. The van der Waals surface area contributed by atoms with Crippen molar-refractivity contribution >= 4 is 46.0 Å². The van der Waals surface area contributed by atoms with Crippen molar-refractivity contribution in [2.75, 3.05) is 44.1 Å². The summed E-state index contributed by atoms with van der Waals surface area (Å²) in [5, 5.41) is 22.3. The molecule has 13 nitrogen and oxygen atoms in total. The van der Waals surface area contributed by atoms with E-state index in [1.165, 1.54) is 31.5 Å². The van der Waals surface area contributed by atoms with Gasteiger partial charge in [0, 0.05) is 63.0 Å². The fourth-order valence-corrected chi connectivity index (χ4v) is 6.01. The van der Waals surface area contributed by atoms with E-state index in [1.807, 2.05) is 0 Å². The number of carboxylic acid groups (broad SMARTS) is 1. The van der Waals surface area contributed by atoms with Crippen LogP contribution in [-0.4, -0.2) is 83.3 Å². The summed E-state index contributed by atoms with van der Waals surface area (Å²) in [6.07, 6.45) is 3.91. The molecule has 2 fully saturated rings. The fourth-order valence-electron chi connectivity index (χ4n) is 6.01. The number of ether oxygens (including phenoxy) is 2. The average molecular weight is 653 g/mol. The van der Waals surface area contributed by atoms with Gasteiger partial charge in [-0.25, -0.2) is 14.0 Å². The van der Waals surface area contributed by atoms with Crippen molar-refractivity contribution in [3.05, 3.63) is 57.6 Å². The van der Waals surface area contributed by atoms with Crippen molar-refractivity contribution < 1.29 is 43.3 Å². The van der Waals surface area contributed by atoms with Gasteiger partial charge in [-0.3, -0.25) is 14.4 Å². The first-order valence-corrected chi connectivity index (χ1v) is 15.4. The minimum absolute atomic E-state index is 0.0334. The minimum Gasteiger partial charge on any atom is -0.507 e. The Morgan fingerprint density at radius 1 is 1.11 bits per heavy atom. The number of anilines is 2. The predicted octanol–water partition coefficient (Wildman–Crippen LogP) is 3.91. The summed E-state index contributed by atoms with van der Waals surface area (Å²) < 4.78 is 28.1. The van der Waals surface area contributed by atoms with Gasteiger partial charge in [-0.1, -0.05) is 0 Å². The number of phenolic OH excluding ortho intramolecular Hbond substituents is 1. The number of carbonyl (C=O) groups is 4. The Hall–Kier alpha value is -5.14. The van der Waals surface area contributed by atoms with E-state index in [0.717, 1.165) is 18.9 Å². The minimum atomic E-state index is -1.39.